The van der Waals surface area contributed by atoms with E-state index in [1.165, 1.54) is 10.9 Å². The average molecular weight is 293 g/mol. The van der Waals surface area contributed by atoms with Gasteiger partial charge in [-0.05, 0) is 24.3 Å². The Morgan fingerprint density at radius 2 is 2.00 bits per heavy atom. The number of benzene rings is 1. The van der Waals surface area contributed by atoms with E-state index in [4.69, 9.17) is 11.6 Å². The lowest BCUT2D eigenvalue weighted by Crippen LogP contribution is -2.19. The molecule has 104 valence electrons. The van der Waals surface area contributed by atoms with Crippen molar-refractivity contribution in [3.63, 3.8) is 0 Å². The van der Waals surface area contributed by atoms with E-state index in [2.05, 4.69) is 15.7 Å². The van der Waals surface area contributed by atoms with Gasteiger partial charge in [0.25, 0.3) is 5.91 Å². The molecule has 0 aliphatic heterocycles. The summed E-state index contributed by atoms with van der Waals surface area (Å²) >= 11 is 5.71. The minimum Gasteiger partial charge on any atom is -0.355 e. The largest absolute Gasteiger partial charge is 0.355 e. The number of halogens is 1. The summed E-state index contributed by atoms with van der Waals surface area (Å²) in [4.78, 5) is 23.1. The molecule has 20 heavy (non-hydrogen) atoms. The van der Waals surface area contributed by atoms with Crippen molar-refractivity contribution in [2.75, 3.05) is 12.4 Å². The van der Waals surface area contributed by atoms with Gasteiger partial charge in [0.15, 0.2) is 0 Å². The number of anilines is 1. The Hall–Kier alpha value is -2.34. The molecule has 0 aliphatic carbocycles. The molecule has 0 radical (unpaired) electrons. The van der Waals surface area contributed by atoms with Crippen LogP contribution in [0.25, 0.3) is 0 Å². The number of aromatic nitrogens is 2. The molecule has 0 unspecified atom stereocenters. The van der Waals surface area contributed by atoms with E-state index in [9.17, 15) is 9.59 Å². The van der Waals surface area contributed by atoms with Crippen molar-refractivity contribution in [1.82, 2.24) is 15.1 Å². The second-order valence-electron chi connectivity index (χ2n) is 4.06. The molecule has 7 heteroatoms. The minimum atomic E-state index is -0.225. The maximum atomic E-state index is 11.8. The van der Waals surface area contributed by atoms with Gasteiger partial charge in [-0.1, -0.05) is 11.6 Å². The average Bonchev–Trinajstić information content (AvgIpc) is 2.84. The van der Waals surface area contributed by atoms with Gasteiger partial charge in [-0.15, -0.1) is 0 Å². The first-order valence-corrected chi connectivity index (χ1v) is 6.26. The van der Waals surface area contributed by atoms with Crippen LogP contribution in [0.15, 0.2) is 36.7 Å². The summed E-state index contributed by atoms with van der Waals surface area (Å²) in [6.45, 7) is 0.0733. The fraction of sp³-hybridized carbons (Fsp3) is 0.154. The maximum Gasteiger partial charge on any atom is 0.251 e. The van der Waals surface area contributed by atoms with Crippen LogP contribution in [0.1, 0.15) is 10.4 Å². The zero-order chi connectivity index (χ0) is 14.5. The highest BCUT2D eigenvalue weighted by atomic mass is 35.5. The van der Waals surface area contributed by atoms with Crippen LogP contribution in [0.4, 0.5) is 5.69 Å². The molecule has 2 amide bonds. The van der Waals surface area contributed by atoms with Crippen LogP contribution in [-0.2, 0) is 11.3 Å². The van der Waals surface area contributed by atoms with Crippen molar-refractivity contribution >= 4 is 29.1 Å². The number of nitrogens with zero attached hydrogens (tertiary/aromatic N) is 2. The number of hydrogen-bond acceptors (Lipinski definition) is 3. The zero-order valence-corrected chi connectivity index (χ0v) is 11.5. The Labute approximate surface area is 120 Å². The molecular formula is C13H13ClN4O2. The molecule has 0 saturated carbocycles. The normalized spacial score (nSPS) is 10.1. The molecule has 0 spiro atoms. The molecule has 0 fully saturated rings. The molecule has 2 N–H and O–H groups in total. The monoisotopic (exact) mass is 292 g/mol. The summed E-state index contributed by atoms with van der Waals surface area (Å²) in [5, 5.41) is 9.63. The molecular weight excluding hydrogens is 280 g/mol. The van der Waals surface area contributed by atoms with Crippen LogP contribution in [0, 0.1) is 0 Å². The summed E-state index contributed by atoms with van der Waals surface area (Å²) in [6, 6.07) is 6.61. The number of carbonyl (C=O) groups is 2. The highest BCUT2D eigenvalue weighted by Crippen LogP contribution is 2.10. The number of rotatable bonds is 4. The lowest BCUT2D eigenvalue weighted by molar-refractivity contribution is -0.116. The third-order valence-electron chi connectivity index (χ3n) is 2.57. The van der Waals surface area contributed by atoms with Crippen LogP contribution in [0.5, 0.6) is 0 Å². The molecule has 2 aromatic rings. The lowest BCUT2D eigenvalue weighted by atomic mass is 10.2. The van der Waals surface area contributed by atoms with Gasteiger partial charge in [0, 0.05) is 24.5 Å². The van der Waals surface area contributed by atoms with Crippen LogP contribution in [0.3, 0.4) is 0 Å². The molecule has 1 aromatic heterocycles. The molecule has 2 rings (SSSR count). The molecule has 0 atom stereocenters. The van der Waals surface area contributed by atoms with E-state index in [1.54, 1.807) is 37.5 Å². The number of carbonyl (C=O) groups excluding carboxylic acids is 2. The molecule has 1 aromatic carbocycles. The Morgan fingerprint density at radius 3 is 2.55 bits per heavy atom. The Bertz CT molecular complexity index is 622. The van der Waals surface area contributed by atoms with E-state index in [-0.39, 0.29) is 18.4 Å². The maximum absolute atomic E-state index is 11.8. The second-order valence-corrected chi connectivity index (χ2v) is 4.50. The van der Waals surface area contributed by atoms with Crippen LogP contribution in [0.2, 0.25) is 5.02 Å². The predicted octanol–water partition coefficient (Wildman–Crippen LogP) is 1.53. The van der Waals surface area contributed by atoms with Crippen molar-refractivity contribution in [2.45, 2.75) is 6.54 Å². The molecule has 1 heterocycles. The summed E-state index contributed by atoms with van der Waals surface area (Å²) in [5.74, 6) is -0.397. The van der Waals surface area contributed by atoms with Crippen LogP contribution in [-0.4, -0.2) is 28.6 Å². The van der Waals surface area contributed by atoms with E-state index < -0.39 is 0 Å². The Balaban J connectivity index is 1.96. The van der Waals surface area contributed by atoms with E-state index >= 15 is 0 Å². The summed E-state index contributed by atoms with van der Waals surface area (Å²) in [6.07, 6.45) is 3.03. The van der Waals surface area contributed by atoms with E-state index in [1.807, 2.05) is 0 Å². The van der Waals surface area contributed by atoms with Crippen molar-refractivity contribution in [3.05, 3.63) is 47.2 Å². The highest BCUT2D eigenvalue weighted by Gasteiger charge is 2.06. The molecule has 6 nitrogen and oxygen atoms in total. The summed E-state index contributed by atoms with van der Waals surface area (Å²) in [7, 11) is 1.56. The predicted molar refractivity (Wildman–Crippen MR) is 75.7 cm³/mol. The quantitative estimate of drug-likeness (QED) is 0.897. The first kappa shape index (κ1) is 14.1. The third kappa shape index (κ3) is 3.58. The SMILES string of the molecule is CNC(=O)c1ccc(NC(=O)Cn2cc(Cl)cn2)cc1. The fourth-order valence-electron chi connectivity index (χ4n) is 1.62. The summed E-state index contributed by atoms with van der Waals surface area (Å²) in [5.41, 5.74) is 1.14. The van der Waals surface area contributed by atoms with Crippen LogP contribution >= 0.6 is 11.6 Å². The first-order chi connectivity index (χ1) is 9.58. The summed E-state index contributed by atoms with van der Waals surface area (Å²) < 4.78 is 1.44. The van der Waals surface area contributed by atoms with Gasteiger partial charge in [0.2, 0.25) is 5.91 Å². The standard InChI is InChI=1S/C13H13ClN4O2/c1-15-13(20)9-2-4-11(5-3-9)17-12(19)8-18-7-10(14)6-16-18/h2-7H,8H2,1H3,(H,15,20)(H,17,19). The van der Waals surface area contributed by atoms with Crippen LogP contribution < -0.4 is 10.6 Å². The van der Waals surface area contributed by atoms with Gasteiger partial charge in [-0.3, -0.25) is 14.3 Å². The van der Waals surface area contributed by atoms with E-state index in [0.29, 0.717) is 16.3 Å². The number of nitrogens with one attached hydrogen (secondary N) is 2. The molecule has 0 saturated heterocycles. The van der Waals surface area contributed by atoms with Gasteiger partial charge >= 0.3 is 0 Å². The van der Waals surface area contributed by atoms with Crippen molar-refractivity contribution < 1.29 is 9.59 Å². The number of hydrogen-bond donors (Lipinski definition) is 2. The third-order valence-corrected chi connectivity index (χ3v) is 2.76. The number of amides is 2. The van der Waals surface area contributed by atoms with Gasteiger partial charge in [0.1, 0.15) is 6.54 Å². The molecule has 0 bridgehead atoms. The van der Waals surface area contributed by atoms with Gasteiger partial charge in [-0.25, -0.2) is 0 Å². The first-order valence-electron chi connectivity index (χ1n) is 5.88. The van der Waals surface area contributed by atoms with Crippen molar-refractivity contribution in [1.29, 1.82) is 0 Å². The fourth-order valence-corrected chi connectivity index (χ4v) is 1.78. The van der Waals surface area contributed by atoms with Gasteiger partial charge in [-0.2, -0.15) is 5.10 Å². The van der Waals surface area contributed by atoms with Gasteiger partial charge < -0.3 is 10.6 Å². The second kappa shape index (κ2) is 6.21. The minimum absolute atomic E-state index is 0.0733. The Morgan fingerprint density at radius 1 is 1.30 bits per heavy atom. The smallest absolute Gasteiger partial charge is 0.251 e. The zero-order valence-electron chi connectivity index (χ0n) is 10.8. The van der Waals surface area contributed by atoms with Gasteiger partial charge in [0.05, 0.1) is 11.2 Å². The molecule has 0 aliphatic rings. The lowest BCUT2D eigenvalue weighted by Gasteiger charge is -2.06. The Kier molecular flexibility index (Phi) is 4.37. The topological polar surface area (TPSA) is 76.0 Å². The van der Waals surface area contributed by atoms with E-state index in [0.717, 1.165) is 0 Å². The van der Waals surface area contributed by atoms with Crippen molar-refractivity contribution in [2.24, 2.45) is 0 Å². The van der Waals surface area contributed by atoms with Crippen molar-refractivity contribution in [3.8, 4) is 0 Å². The highest BCUT2D eigenvalue weighted by molar-refractivity contribution is 6.30.